The maximum atomic E-state index is 12.1. The van der Waals surface area contributed by atoms with E-state index in [0.717, 1.165) is 68.3 Å². The second-order valence-corrected chi connectivity index (χ2v) is 29.0. The molecule has 3 aromatic heterocycles. The summed E-state index contributed by atoms with van der Waals surface area (Å²) < 4.78 is 43.6. The van der Waals surface area contributed by atoms with E-state index in [-0.39, 0.29) is 53.6 Å². The van der Waals surface area contributed by atoms with Gasteiger partial charge in [-0.15, -0.1) is 0 Å². The number of ether oxygens (including phenoxy) is 8. The Hall–Kier alpha value is -10.5. The molecule has 3 fully saturated rings. The minimum Gasteiger partial charge on any atom is -0.495 e. The van der Waals surface area contributed by atoms with E-state index in [2.05, 4.69) is 80.6 Å². The number of carbonyl (C=O) groups excluding carboxylic acids is 3. The summed E-state index contributed by atoms with van der Waals surface area (Å²) in [7, 11) is 9.24. The lowest BCUT2D eigenvalue weighted by Gasteiger charge is -2.21. The Morgan fingerprint density at radius 2 is 0.693 bits per heavy atom. The first-order chi connectivity index (χ1) is 54.9. The molecule has 9 aromatic rings. The van der Waals surface area contributed by atoms with Crippen LogP contribution in [-0.4, -0.2) is 182 Å². The molecule has 0 aliphatic carbocycles. The molecule has 4 N–H and O–H groups in total. The quantitative estimate of drug-likeness (QED) is 0.0241. The van der Waals surface area contributed by atoms with Gasteiger partial charge in [-0.2, -0.15) is 0 Å². The van der Waals surface area contributed by atoms with Crippen molar-refractivity contribution in [1.29, 1.82) is 0 Å². The zero-order valence-electron chi connectivity index (χ0n) is 64.9. The van der Waals surface area contributed by atoms with E-state index < -0.39 is 0 Å². The molecule has 0 radical (unpaired) electrons. The van der Waals surface area contributed by atoms with Gasteiger partial charge in [0.1, 0.15) is 52.0 Å². The van der Waals surface area contributed by atoms with Gasteiger partial charge in [-0.1, -0.05) is 114 Å². The number of benzene rings is 6. The van der Waals surface area contributed by atoms with Crippen molar-refractivity contribution in [2.24, 2.45) is 17.8 Å². The molecule has 6 aromatic carbocycles. The molecular weight excluding hydrogens is 1580 g/mol. The van der Waals surface area contributed by atoms with Crippen LogP contribution in [0.3, 0.4) is 0 Å². The van der Waals surface area contributed by atoms with Gasteiger partial charge in [-0.25, -0.2) is 29.9 Å². The second-order valence-electron chi connectivity index (χ2n) is 26.7. The highest BCUT2D eigenvalue weighted by atomic mass is 35.5. The molecule has 0 bridgehead atoms. The SMILES string of the molecule is C=CC(=O)N[C@H]1CN(C(=C)NCC)C[C@H]1Cc1ncc2cc(-c3c(Cl)c(OC)cc(OC)c3Cl)ccc2n1.C=CC(=O)N[C@H]1CN(C(=C)OCC)C[C@H]1Cc1ncc2cc(-c3c(Cl)c(OC)cc(OC)c3Cl)ccc2n1.C=CC(=O)N[C@H]1CN(C(=C)OCC)C[C@H]1Cc1ncc2cc(-c3c(Cl)c(OC)cc(OC)c3Cl)ccc2n1. The van der Waals surface area contributed by atoms with E-state index in [9.17, 15) is 14.4 Å². The number of carbonyl (C=O) groups is 3. The molecule has 600 valence electrons. The number of nitrogens with zero attached hydrogens (tertiary/aromatic N) is 9. The maximum absolute atomic E-state index is 12.1. The zero-order valence-corrected chi connectivity index (χ0v) is 69.4. The van der Waals surface area contributed by atoms with E-state index in [0.29, 0.717) is 176 Å². The number of hydrogen-bond acceptors (Lipinski definition) is 21. The molecule has 30 heteroatoms. The lowest BCUT2D eigenvalue weighted by molar-refractivity contribution is -0.118. The molecule has 3 saturated heterocycles. The lowest BCUT2D eigenvalue weighted by Crippen LogP contribution is -2.40. The largest absolute Gasteiger partial charge is 0.495 e. The van der Waals surface area contributed by atoms with Gasteiger partial charge in [0, 0.05) is 152 Å². The summed E-state index contributed by atoms with van der Waals surface area (Å²) in [6.07, 6.45) is 10.9. The molecule has 6 heterocycles. The standard InChI is InChI=1S/C28H31Cl2N5O3.2C28H30Cl2N4O4/c1-6-25(36)34-21-15-35(16(3)31-7-2)14-19(21)11-24-32-13-18-10-17(8-9-20(18)33-24)26-27(29)22(37-4)12-23(38-5)28(26)30;2*1-6-25(35)33-21-15-34(16(3)38-7-2)14-19(21)11-24-31-13-18-10-17(8-9-20(18)32-24)26-27(29)22(36-4)12-23(37-5)28(26)30/h6,8-10,12-13,19,21,31H,1,3,7,11,14-15H2,2,4-5H3,(H,34,36);2*6,8-10,12-13,19,21H,1,3,7,11,14-15H2,2,4-5H3,(H,33,35)/t3*19-,21+/m111/s1. The number of rotatable bonds is 30. The predicted molar refractivity (Wildman–Crippen MR) is 451 cm³/mol. The van der Waals surface area contributed by atoms with Crippen molar-refractivity contribution in [3.63, 3.8) is 0 Å². The molecule has 3 aliphatic heterocycles. The number of halogens is 6. The van der Waals surface area contributed by atoms with Crippen molar-refractivity contribution in [3.8, 4) is 67.9 Å². The Labute approximate surface area is 693 Å². The fraction of sp³-hybridized carbons (Fsp3) is 0.321. The van der Waals surface area contributed by atoms with E-state index in [1.165, 1.54) is 46.7 Å². The van der Waals surface area contributed by atoms with Gasteiger partial charge >= 0.3 is 0 Å². The van der Waals surface area contributed by atoms with E-state index >= 15 is 0 Å². The normalized spacial score (nSPS) is 16.8. The van der Waals surface area contributed by atoms with Crippen LogP contribution in [0.4, 0.5) is 0 Å². The molecule has 114 heavy (non-hydrogen) atoms. The van der Waals surface area contributed by atoms with E-state index in [1.54, 1.807) is 51.0 Å². The van der Waals surface area contributed by atoms with Crippen molar-refractivity contribution in [2.75, 3.05) is 102 Å². The number of fused-ring (bicyclic) bond motifs is 3. The van der Waals surface area contributed by atoms with Crippen LogP contribution in [0.5, 0.6) is 34.5 Å². The van der Waals surface area contributed by atoms with Crippen molar-refractivity contribution in [2.45, 2.75) is 58.2 Å². The molecular formula is C84H91Cl6N13O11. The summed E-state index contributed by atoms with van der Waals surface area (Å²) in [5.74, 6) is 6.45. The topological polar surface area (TPSA) is 260 Å². The summed E-state index contributed by atoms with van der Waals surface area (Å²) >= 11 is 39.7. The highest BCUT2D eigenvalue weighted by Gasteiger charge is 2.39. The van der Waals surface area contributed by atoms with Crippen LogP contribution in [0.1, 0.15) is 38.2 Å². The Morgan fingerprint density at radius 1 is 0.421 bits per heavy atom. The molecule has 24 nitrogen and oxygen atoms in total. The number of likely N-dealkylation sites (tertiary alicyclic amines) is 3. The molecule has 6 atom stereocenters. The Morgan fingerprint density at radius 3 is 0.947 bits per heavy atom. The van der Waals surface area contributed by atoms with Gasteiger partial charge in [0.25, 0.3) is 0 Å². The van der Waals surface area contributed by atoms with Crippen LogP contribution in [0, 0.1) is 17.8 Å². The highest BCUT2D eigenvalue weighted by Crippen LogP contribution is 2.50. The molecule has 0 unspecified atom stereocenters. The first-order valence-corrected chi connectivity index (χ1v) is 38.8. The van der Waals surface area contributed by atoms with Crippen molar-refractivity contribution in [1.82, 2.24) is 65.9 Å². The Kier molecular flexibility index (Phi) is 29.8. The van der Waals surface area contributed by atoms with Gasteiger partial charge in [-0.05, 0) is 105 Å². The summed E-state index contributed by atoms with van der Waals surface area (Å²) in [5.41, 5.74) is 6.54. The highest BCUT2D eigenvalue weighted by molar-refractivity contribution is 6.42. The number of aromatic nitrogens is 6. The maximum Gasteiger partial charge on any atom is 0.243 e. The Balaban J connectivity index is 0.000000181. The van der Waals surface area contributed by atoms with Crippen molar-refractivity contribution < 1.29 is 52.3 Å². The lowest BCUT2D eigenvalue weighted by atomic mass is 9.99. The monoisotopic (exact) mass is 1670 g/mol. The molecule has 12 rings (SSSR count). The summed E-state index contributed by atoms with van der Waals surface area (Å²) in [5, 5.41) is 17.2. The summed E-state index contributed by atoms with van der Waals surface area (Å²) in [6, 6.07) is 21.9. The van der Waals surface area contributed by atoms with Gasteiger partial charge in [0.15, 0.2) is 11.8 Å². The third kappa shape index (κ3) is 20.0. The summed E-state index contributed by atoms with van der Waals surface area (Å²) in [6.45, 7) is 34.4. The smallest absolute Gasteiger partial charge is 0.243 e. The minimum absolute atomic E-state index is 0.0645. The average molecular weight is 1670 g/mol. The first kappa shape index (κ1) is 85.9. The van der Waals surface area contributed by atoms with Crippen molar-refractivity contribution in [3.05, 3.63) is 214 Å². The van der Waals surface area contributed by atoms with Crippen LogP contribution in [-0.2, 0) is 43.1 Å². The number of nitrogens with one attached hydrogen (secondary N) is 4. The van der Waals surface area contributed by atoms with Crippen LogP contribution in [0.25, 0.3) is 66.1 Å². The second kappa shape index (κ2) is 39.5. The molecule has 0 spiro atoms. The average Bonchev–Trinajstić information content (AvgIpc) is 1.03. The first-order valence-electron chi connectivity index (χ1n) is 36.6. The number of amides is 3. The number of hydrogen-bond donors (Lipinski definition) is 4. The van der Waals surface area contributed by atoms with E-state index in [1.807, 2.05) is 85.2 Å². The predicted octanol–water partition coefficient (Wildman–Crippen LogP) is 15.4. The van der Waals surface area contributed by atoms with Crippen LogP contribution in [0.15, 0.2) is 167 Å². The fourth-order valence-corrected chi connectivity index (χ4v) is 16.2. The van der Waals surface area contributed by atoms with Crippen LogP contribution >= 0.6 is 69.6 Å². The van der Waals surface area contributed by atoms with Crippen LogP contribution < -0.4 is 49.7 Å². The molecule has 3 aliphatic rings. The van der Waals surface area contributed by atoms with Gasteiger partial charge in [0.05, 0.1) is 127 Å². The molecule has 3 amide bonds. The van der Waals surface area contributed by atoms with Gasteiger partial charge < -0.3 is 73.9 Å². The van der Waals surface area contributed by atoms with Gasteiger partial charge in [-0.3, -0.25) is 14.4 Å². The third-order valence-electron chi connectivity index (χ3n) is 19.8. The Bertz CT molecular complexity index is 4550. The zero-order chi connectivity index (χ0) is 82.2. The van der Waals surface area contributed by atoms with Crippen LogP contribution in [0.2, 0.25) is 30.1 Å². The van der Waals surface area contributed by atoms with Crippen molar-refractivity contribution >= 4 is 120 Å². The minimum atomic E-state index is -0.220. The third-order valence-corrected chi connectivity index (χ3v) is 22.0. The number of methoxy groups -OCH3 is 6. The van der Waals surface area contributed by atoms with E-state index in [4.69, 9.17) is 122 Å². The fourth-order valence-electron chi connectivity index (χ4n) is 14.0. The summed E-state index contributed by atoms with van der Waals surface area (Å²) in [4.78, 5) is 70.7. The van der Waals surface area contributed by atoms with Gasteiger partial charge in [0.2, 0.25) is 17.7 Å². The molecule has 0 saturated carbocycles.